The highest BCUT2D eigenvalue weighted by Gasteiger charge is 2.34. The van der Waals surface area contributed by atoms with Gasteiger partial charge in [-0.05, 0) is 50.3 Å². The molecule has 0 amide bonds. The van der Waals surface area contributed by atoms with Crippen LogP contribution >= 0.6 is 12.2 Å². The SMILES string of the molecule is COc1ccc2c(c1)OC(C)(C)C[C@H]2NC(=S)Nc1ccccc1. The molecular weight excluding hydrogens is 320 g/mol. The molecular formula is C19H22N2O2S. The van der Waals surface area contributed by atoms with Gasteiger partial charge in [0.2, 0.25) is 0 Å². The summed E-state index contributed by atoms with van der Waals surface area (Å²) in [6.07, 6.45) is 0.822. The summed E-state index contributed by atoms with van der Waals surface area (Å²) in [6, 6.07) is 15.9. The number of ether oxygens (including phenoxy) is 2. The lowest BCUT2D eigenvalue weighted by atomic mass is 9.89. The van der Waals surface area contributed by atoms with Crippen molar-refractivity contribution in [2.75, 3.05) is 12.4 Å². The molecule has 0 aliphatic carbocycles. The van der Waals surface area contributed by atoms with E-state index in [1.54, 1.807) is 7.11 Å². The highest BCUT2D eigenvalue weighted by molar-refractivity contribution is 7.80. The zero-order chi connectivity index (χ0) is 17.2. The van der Waals surface area contributed by atoms with Crippen LogP contribution in [-0.4, -0.2) is 17.8 Å². The molecule has 1 heterocycles. The number of methoxy groups -OCH3 is 1. The van der Waals surface area contributed by atoms with Gasteiger partial charge in [-0.25, -0.2) is 0 Å². The molecule has 0 bridgehead atoms. The molecule has 0 saturated heterocycles. The van der Waals surface area contributed by atoms with Gasteiger partial charge in [0, 0.05) is 23.7 Å². The topological polar surface area (TPSA) is 42.5 Å². The van der Waals surface area contributed by atoms with Crippen LogP contribution in [0.5, 0.6) is 11.5 Å². The van der Waals surface area contributed by atoms with Crippen molar-refractivity contribution >= 4 is 23.0 Å². The summed E-state index contributed by atoms with van der Waals surface area (Å²) in [5.74, 6) is 1.63. The molecule has 2 aromatic carbocycles. The van der Waals surface area contributed by atoms with E-state index in [4.69, 9.17) is 21.7 Å². The Morgan fingerprint density at radius 2 is 1.96 bits per heavy atom. The van der Waals surface area contributed by atoms with Gasteiger partial charge in [-0.2, -0.15) is 0 Å². The van der Waals surface area contributed by atoms with E-state index in [0.29, 0.717) is 5.11 Å². The Kier molecular flexibility index (Phi) is 4.62. The molecule has 24 heavy (non-hydrogen) atoms. The summed E-state index contributed by atoms with van der Waals surface area (Å²) in [7, 11) is 1.66. The van der Waals surface area contributed by atoms with Crippen molar-refractivity contribution < 1.29 is 9.47 Å². The minimum absolute atomic E-state index is 0.0818. The van der Waals surface area contributed by atoms with Gasteiger partial charge in [-0.3, -0.25) is 0 Å². The van der Waals surface area contributed by atoms with Crippen molar-refractivity contribution in [3.05, 3.63) is 54.1 Å². The van der Waals surface area contributed by atoms with E-state index in [2.05, 4.69) is 24.5 Å². The number of para-hydroxylation sites is 1. The van der Waals surface area contributed by atoms with E-state index >= 15 is 0 Å². The van der Waals surface area contributed by atoms with E-state index in [9.17, 15) is 0 Å². The third-order valence-electron chi connectivity index (χ3n) is 4.02. The lowest BCUT2D eigenvalue weighted by molar-refractivity contribution is 0.0693. The minimum Gasteiger partial charge on any atom is -0.497 e. The molecule has 0 radical (unpaired) electrons. The first kappa shape index (κ1) is 16.6. The maximum Gasteiger partial charge on any atom is 0.171 e. The van der Waals surface area contributed by atoms with Crippen molar-refractivity contribution in [3.63, 3.8) is 0 Å². The van der Waals surface area contributed by atoms with Gasteiger partial charge in [-0.15, -0.1) is 0 Å². The number of fused-ring (bicyclic) bond motifs is 1. The average molecular weight is 342 g/mol. The Morgan fingerprint density at radius 1 is 1.21 bits per heavy atom. The number of hydrogen-bond donors (Lipinski definition) is 2. The maximum atomic E-state index is 6.11. The van der Waals surface area contributed by atoms with E-state index in [0.717, 1.165) is 29.2 Å². The Balaban J connectivity index is 1.79. The zero-order valence-electron chi connectivity index (χ0n) is 14.1. The molecule has 2 N–H and O–H groups in total. The fourth-order valence-electron chi connectivity index (χ4n) is 2.93. The number of rotatable bonds is 3. The third kappa shape index (κ3) is 3.79. The number of anilines is 1. The molecule has 2 aromatic rings. The normalized spacial score (nSPS) is 18.0. The summed E-state index contributed by atoms with van der Waals surface area (Å²) in [6.45, 7) is 4.16. The quantitative estimate of drug-likeness (QED) is 0.815. The Labute approximate surface area is 148 Å². The largest absolute Gasteiger partial charge is 0.497 e. The van der Waals surface area contributed by atoms with Crippen molar-refractivity contribution in [1.29, 1.82) is 0 Å². The highest BCUT2D eigenvalue weighted by Crippen LogP contribution is 2.41. The van der Waals surface area contributed by atoms with Crippen LogP contribution in [0.2, 0.25) is 0 Å². The lowest BCUT2D eigenvalue weighted by Gasteiger charge is -2.38. The molecule has 4 nitrogen and oxygen atoms in total. The van der Waals surface area contributed by atoms with Gasteiger partial charge in [0.25, 0.3) is 0 Å². The summed E-state index contributed by atoms with van der Waals surface area (Å²) in [5, 5.41) is 7.24. The fraction of sp³-hybridized carbons (Fsp3) is 0.316. The summed E-state index contributed by atoms with van der Waals surface area (Å²) in [5.41, 5.74) is 1.78. The molecule has 5 heteroatoms. The summed E-state index contributed by atoms with van der Waals surface area (Å²) < 4.78 is 11.4. The molecule has 0 spiro atoms. The number of thiocarbonyl (C=S) groups is 1. The van der Waals surface area contributed by atoms with Crippen molar-refractivity contribution in [2.45, 2.75) is 31.9 Å². The molecule has 0 fully saturated rings. The van der Waals surface area contributed by atoms with Crippen LogP contribution in [0.15, 0.2) is 48.5 Å². The molecule has 1 aliphatic rings. The monoisotopic (exact) mass is 342 g/mol. The van der Waals surface area contributed by atoms with Crippen LogP contribution in [0, 0.1) is 0 Å². The second-order valence-corrected chi connectivity index (χ2v) is 6.89. The first-order valence-corrected chi connectivity index (χ1v) is 8.37. The molecule has 0 saturated carbocycles. The highest BCUT2D eigenvalue weighted by atomic mass is 32.1. The van der Waals surface area contributed by atoms with Crippen molar-refractivity contribution in [2.24, 2.45) is 0 Å². The van der Waals surface area contributed by atoms with Crippen molar-refractivity contribution in [1.82, 2.24) is 5.32 Å². The van der Waals surface area contributed by atoms with Gasteiger partial charge in [0.15, 0.2) is 5.11 Å². The van der Waals surface area contributed by atoms with Gasteiger partial charge in [0.1, 0.15) is 17.1 Å². The number of hydrogen-bond acceptors (Lipinski definition) is 3. The van der Waals surface area contributed by atoms with E-state index < -0.39 is 0 Å². The first-order valence-electron chi connectivity index (χ1n) is 7.96. The van der Waals surface area contributed by atoms with Crippen LogP contribution < -0.4 is 20.1 Å². The number of nitrogens with one attached hydrogen (secondary N) is 2. The minimum atomic E-state index is -0.278. The van der Waals surface area contributed by atoms with Crippen molar-refractivity contribution in [3.8, 4) is 11.5 Å². The van der Waals surface area contributed by atoms with Crippen LogP contribution in [0.4, 0.5) is 5.69 Å². The molecule has 1 aliphatic heterocycles. The lowest BCUT2D eigenvalue weighted by Crippen LogP contribution is -2.42. The summed E-state index contributed by atoms with van der Waals surface area (Å²) in [4.78, 5) is 0. The second-order valence-electron chi connectivity index (χ2n) is 6.49. The predicted octanol–water partition coefficient (Wildman–Crippen LogP) is 4.28. The predicted molar refractivity (Wildman–Crippen MR) is 101 cm³/mol. The molecule has 0 unspecified atom stereocenters. The van der Waals surface area contributed by atoms with E-state index in [-0.39, 0.29) is 11.6 Å². The van der Waals surface area contributed by atoms with Crippen LogP contribution in [0.3, 0.4) is 0 Å². The smallest absolute Gasteiger partial charge is 0.171 e. The van der Waals surface area contributed by atoms with Gasteiger partial charge in [0.05, 0.1) is 13.2 Å². The van der Waals surface area contributed by atoms with E-state index in [1.165, 1.54) is 0 Å². The molecule has 0 aromatic heterocycles. The third-order valence-corrected chi connectivity index (χ3v) is 4.23. The molecule has 126 valence electrons. The Hall–Kier alpha value is -2.27. The van der Waals surface area contributed by atoms with Gasteiger partial charge < -0.3 is 20.1 Å². The van der Waals surface area contributed by atoms with Gasteiger partial charge in [-0.1, -0.05) is 18.2 Å². The van der Waals surface area contributed by atoms with E-state index in [1.807, 2.05) is 48.5 Å². The van der Waals surface area contributed by atoms with Crippen LogP contribution in [-0.2, 0) is 0 Å². The molecule has 1 atom stereocenters. The standard InChI is InChI=1S/C19H22N2O2S/c1-19(2)12-16(15-10-9-14(22-3)11-17(15)23-19)21-18(24)20-13-7-5-4-6-8-13/h4-11,16H,12H2,1-3H3,(H2,20,21,24)/t16-/m1/s1. The first-order chi connectivity index (χ1) is 11.5. The van der Waals surface area contributed by atoms with Crippen LogP contribution in [0.25, 0.3) is 0 Å². The average Bonchev–Trinajstić information content (AvgIpc) is 2.54. The maximum absolute atomic E-state index is 6.11. The Bertz CT molecular complexity index is 731. The van der Waals surface area contributed by atoms with Crippen LogP contribution in [0.1, 0.15) is 31.9 Å². The fourth-order valence-corrected chi connectivity index (χ4v) is 3.19. The summed E-state index contributed by atoms with van der Waals surface area (Å²) >= 11 is 5.48. The Morgan fingerprint density at radius 3 is 2.67 bits per heavy atom. The molecule has 3 rings (SSSR count). The zero-order valence-corrected chi connectivity index (χ0v) is 14.9. The van der Waals surface area contributed by atoms with Gasteiger partial charge >= 0.3 is 0 Å². The number of benzene rings is 2. The second kappa shape index (κ2) is 6.69.